The van der Waals surface area contributed by atoms with Crippen LogP contribution in [-0.2, 0) is 16.8 Å². The van der Waals surface area contributed by atoms with Crippen LogP contribution >= 0.6 is 15.9 Å². The van der Waals surface area contributed by atoms with E-state index in [2.05, 4.69) is 26.2 Å². The molecule has 0 saturated heterocycles. The number of nitrogens with zero attached hydrogens (tertiary/aromatic N) is 1. The van der Waals surface area contributed by atoms with Crippen molar-refractivity contribution in [2.24, 2.45) is 0 Å². The highest BCUT2D eigenvalue weighted by molar-refractivity contribution is 9.10. The van der Waals surface area contributed by atoms with Gasteiger partial charge in [0.1, 0.15) is 0 Å². The van der Waals surface area contributed by atoms with E-state index in [1.807, 2.05) is 50.2 Å². The van der Waals surface area contributed by atoms with E-state index >= 15 is 0 Å². The number of amides is 1. The van der Waals surface area contributed by atoms with Gasteiger partial charge in [-0.2, -0.15) is 0 Å². The number of aromatic nitrogens is 1. The Morgan fingerprint density at radius 3 is 2.60 bits per heavy atom. The Balaban J connectivity index is 1.73. The van der Waals surface area contributed by atoms with Crippen LogP contribution in [0.5, 0.6) is 5.88 Å². The predicted octanol–water partition coefficient (Wildman–Crippen LogP) is 4.37. The molecule has 1 fully saturated rings. The molecule has 1 aromatic carbocycles. The second-order valence-corrected chi connectivity index (χ2v) is 7.68. The standard InChI is InChI=1S/C20H23BrN2O2/c1-14(2)25-18-15(5-3-12-22-18)13-23-19(24)20(10-4-11-20)16-6-8-17(21)9-7-16/h3,5-9,12,14H,4,10-11,13H2,1-2H3,(H,23,24). The lowest BCUT2D eigenvalue weighted by Gasteiger charge is -2.40. The van der Waals surface area contributed by atoms with Crippen LogP contribution in [0.25, 0.3) is 0 Å². The van der Waals surface area contributed by atoms with Gasteiger partial charge in [-0.3, -0.25) is 4.79 Å². The van der Waals surface area contributed by atoms with Gasteiger partial charge in [-0.15, -0.1) is 0 Å². The highest BCUT2D eigenvalue weighted by Crippen LogP contribution is 2.44. The molecule has 1 heterocycles. The minimum atomic E-state index is -0.401. The van der Waals surface area contributed by atoms with Crippen LogP contribution in [0.4, 0.5) is 0 Å². The Morgan fingerprint density at radius 1 is 1.28 bits per heavy atom. The molecule has 25 heavy (non-hydrogen) atoms. The fourth-order valence-corrected chi connectivity index (χ4v) is 3.44. The third-order valence-corrected chi connectivity index (χ3v) is 5.20. The van der Waals surface area contributed by atoms with E-state index in [1.54, 1.807) is 6.20 Å². The first-order valence-corrected chi connectivity index (χ1v) is 9.45. The molecule has 4 nitrogen and oxygen atoms in total. The van der Waals surface area contributed by atoms with Crippen molar-refractivity contribution in [3.05, 3.63) is 58.2 Å². The van der Waals surface area contributed by atoms with E-state index in [4.69, 9.17) is 4.74 Å². The number of ether oxygens (including phenoxy) is 1. The lowest BCUT2D eigenvalue weighted by Crippen LogP contribution is -2.49. The van der Waals surface area contributed by atoms with Crippen LogP contribution in [-0.4, -0.2) is 17.0 Å². The maximum Gasteiger partial charge on any atom is 0.230 e. The van der Waals surface area contributed by atoms with Crippen molar-refractivity contribution >= 4 is 21.8 Å². The summed E-state index contributed by atoms with van der Waals surface area (Å²) in [6.07, 6.45) is 4.62. The molecule has 132 valence electrons. The second kappa shape index (κ2) is 7.56. The van der Waals surface area contributed by atoms with E-state index in [9.17, 15) is 4.79 Å². The third-order valence-electron chi connectivity index (χ3n) is 4.68. The number of carbonyl (C=O) groups excluding carboxylic acids is 1. The summed E-state index contributed by atoms with van der Waals surface area (Å²) in [7, 11) is 0. The van der Waals surface area contributed by atoms with Crippen molar-refractivity contribution in [1.82, 2.24) is 10.3 Å². The minimum absolute atomic E-state index is 0.0464. The van der Waals surface area contributed by atoms with Gasteiger partial charge >= 0.3 is 0 Å². The van der Waals surface area contributed by atoms with Gasteiger partial charge in [0, 0.05) is 22.8 Å². The molecule has 1 saturated carbocycles. The van der Waals surface area contributed by atoms with Crippen molar-refractivity contribution in [2.75, 3.05) is 0 Å². The monoisotopic (exact) mass is 402 g/mol. The normalized spacial score (nSPS) is 15.5. The van der Waals surface area contributed by atoms with Crippen LogP contribution in [0.1, 0.15) is 44.2 Å². The van der Waals surface area contributed by atoms with Gasteiger partial charge in [0.25, 0.3) is 0 Å². The van der Waals surface area contributed by atoms with E-state index in [-0.39, 0.29) is 12.0 Å². The lowest BCUT2D eigenvalue weighted by molar-refractivity contribution is -0.130. The molecule has 0 unspecified atom stereocenters. The topological polar surface area (TPSA) is 51.2 Å². The predicted molar refractivity (Wildman–Crippen MR) is 102 cm³/mol. The molecule has 5 heteroatoms. The fraction of sp³-hybridized carbons (Fsp3) is 0.400. The van der Waals surface area contributed by atoms with Crippen LogP contribution in [0, 0.1) is 0 Å². The fourth-order valence-electron chi connectivity index (χ4n) is 3.18. The molecule has 1 N–H and O–H groups in total. The summed E-state index contributed by atoms with van der Waals surface area (Å²) in [6, 6.07) is 11.9. The summed E-state index contributed by atoms with van der Waals surface area (Å²) < 4.78 is 6.76. The molecule has 1 aliphatic carbocycles. The van der Waals surface area contributed by atoms with Crippen molar-refractivity contribution in [1.29, 1.82) is 0 Å². The third kappa shape index (κ3) is 3.87. The Hall–Kier alpha value is -1.88. The maximum atomic E-state index is 13.0. The van der Waals surface area contributed by atoms with Crippen molar-refractivity contribution < 1.29 is 9.53 Å². The lowest BCUT2D eigenvalue weighted by atomic mass is 9.64. The first-order valence-electron chi connectivity index (χ1n) is 8.66. The molecule has 1 aliphatic rings. The summed E-state index contributed by atoms with van der Waals surface area (Å²) in [5.41, 5.74) is 1.58. The van der Waals surface area contributed by atoms with Crippen molar-refractivity contribution in [3.8, 4) is 5.88 Å². The Bertz CT molecular complexity index is 740. The van der Waals surface area contributed by atoms with Crippen LogP contribution in [0.15, 0.2) is 47.1 Å². The number of hydrogen-bond acceptors (Lipinski definition) is 3. The Morgan fingerprint density at radius 2 is 2.00 bits per heavy atom. The highest BCUT2D eigenvalue weighted by atomic mass is 79.9. The number of carbonyl (C=O) groups is 1. The molecule has 1 aromatic heterocycles. The number of hydrogen-bond donors (Lipinski definition) is 1. The zero-order valence-corrected chi connectivity index (χ0v) is 16.2. The summed E-state index contributed by atoms with van der Waals surface area (Å²) in [5, 5.41) is 3.10. The zero-order valence-electron chi connectivity index (χ0n) is 14.6. The first-order chi connectivity index (χ1) is 12.0. The van der Waals surface area contributed by atoms with Gasteiger partial charge in [0.05, 0.1) is 11.5 Å². The largest absolute Gasteiger partial charge is 0.475 e. The Kier molecular flexibility index (Phi) is 5.42. The van der Waals surface area contributed by atoms with Gasteiger partial charge in [0.2, 0.25) is 11.8 Å². The number of nitrogens with one attached hydrogen (secondary N) is 1. The Labute approximate surface area is 157 Å². The molecule has 0 bridgehead atoms. The molecule has 0 radical (unpaired) electrons. The van der Waals surface area contributed by atoms with Crippen LogP contribution in [0.3, 0.4) is 0 Å². The highest BCUT2D eigenvalue weighted by Gasteiger charge is 2.45. The van der Waals surface area contributed by atoms with E-state index in [0.29, 0.717) is 12.4 Å². The van der Waals surface area contributed by atoms with E-state index in [0.717, 1.165) is 34.9 Å². The van der Waals surface area contributed by atoms with Gasteiger partial charge < -0.3 is 10.1 Å². The SMILES string of the molecule is CC(C)Oc1ncccc1CNC(=O)C1(c2ccc(Br)cc2)CCC1. The minimum Gasteiger partial charge on any atom is -0.475 e. The summed E-state index contributed by atoms with van der Waals surface area (Å²) in [5.74, 6) is 0.671. The molecular weight excluding hydrogens is 380 g/mol. The van der Waals surface area contributed by atoms with Gasteiger partial charge in [-0.25, -0.2) is 4.98 Å². The summed E-state index contributed by atoms with van der Waals surface area (Å²) in [4.78, 5) is 17.2. The van der Waals surface area contributed by atoms with Gasteiger partial charge in [0.15, 0.2) is 0 Å². The number of benzene rings is 1. The summed E-state index contributed by atoms with van der Waals surface area (Å²) in [6.45, 7) is 4.36. The molecule has 0 aliphatic heterocycles. The van der Waals surface area contributed by atoms with Gasteiger partial charge in [-0.1, -0.05) is 40.5 Å². The number of rotatable bonds is 6. The number of halogens is 1. The molecule has 0 spiro atoms. The smallest absolute Gasteiger partial charge is 0.230 e. The van der Waals surface area contributed by atoms with Crippen LogP contribution < -0.4 is 10.1 Å². The molecule has 0 atom stereocenters. The molecule has 2 aromatic rings. The zero-order chi connectivity index (χ0) is 17.9. The summed E-state index contributed by atoms with van der Waals surface area (Å²) >= 11 is 3.46. The molecule has 1 amide bonds. The first kappa shape index (κ1) is 17.9. The molecule has 3 rings (SSSR count). The van der Waals surface area contributed by atoms with Gasteiger partial charge in [-0.05, 0) is 50.5 Å². The van der Waals surface area contributed by atoms with E-state index in [1.165, 1.54) is 0 Å². The average Bonchev–Trinajstić information content (AvgIpc) is 2.54. The second-order valence-electron chi connectivity index (χ2n) is 6.76. The maximum absolute atomic E-state index is 13.0. The van der Waals surface area contributed by atoms with Crippen molar-refractivity contribution in [2.45, 2.75) is 51.2 Å². The average molecular weight is 403 g/mol. The quantitative estimate of drug-likeness (QED) is 0.780. The van der Waals surface area contributed by atoms with Crippen LogP contribution in [0.2, 0.25) is 0 Å². The van der Waals surface area contributed by atoms with Crippen molar-refractivity contribution in [3.63, 3.8) is 0 Å². The molecular formula is C20H23BrN2O2. The number of pyridine rings is 1. The van der Waals surface area contributed by atoms with E-state index < -0.39 is 5.41 Å².